The van der Waals surface area contributed by atoms with Crippen LogP contribution in [0.4, 0.5) is 0 Å². The monoisotopic (exact) mass is 461 g/mol. The van der Waals surface area contributed by atoms with Gasteiger partial charge in [-0.25, -0.2) is 0 Å². The summed E-state index contributed by atoms with van der Waals surface area (Å²) in [7, 11) is 0. The van der Waals surface area contributed by atoms with E-state index < -0.39 is 0 Å². The molecule has 4 aromatic heterocycles. The molecule has 5 aromatic rings. The fourth-order valence-electron chi connectivity index (χ4n) is 3.37. The van der Waals surface area contributed by atoms with Gasteiger partial charge in [0.05, 0.1) is 17.9 Å². The van der Waals surface area contributed by atoms with Gasteiger partial charge in [-0.15, -0.1) is 15.3 Å². The number of fused-ring (bicyclic) bond motifs is 3. The molecule has 1 amide bonds. The van der Waals surface area contributed by atoms with Crippen LogP contribution in [-0.4, -0.2) is 59.2 Å². The van der Waals surface area contributed by atoms with E-state index in [4.69, 9.17) is 14.4 Å². The number of carbonyl (C=O) groups is 1. The van der Waals surface area contributed by atoms with Gasteiger partial charge in [0.1, 0.15) is 13.2 Å². The zero-order valence-corrected chi connectivity index (χ0v) is 17.7. The minimum absolute atomic E-state index is 0.108. The Morgan fingerprint density at radius 3 is 2.71 bits per heavy atom. The first-order valence-electron chi connectivity index (χ1n) is 10.4. The number of pyridine rings is 1. The zero-order valence-electron chi connectivity index (χ0n) is 17.7. The highest BCUT2D eigenvalue weighted by molar-refractivity contribution is 5.97. The second-order valence-electron chi connectivity index (χ2n) is 7.25. The van der Waals surface area contributed by atoms with E-state index in [0.717, 1.165) is 10.8 Å². The third-order valence-electron chi connectivity index (χ3n) is 5.01. The number of rotatable bonds is 8. The Hall–Kier alpha value is -4.42. The van der Waals surface area contributed by atoms with Crippen molar-refractivity contribution in [3.63, 3.8) is 0 Å². The number of hydrogen-bond acceptors (Lipinski definition) is 10. The largest absolute Gasteiger partial charge is 0.470 e. The summed E-state index contributed by atoms with van der Waals surface area (Å²) in [5.74, 6) is 0.653. The predicted molar refractivity (Wildman–Crippen MR) is 118 cm³/mol. The molecule has 0 bridgehead atoms. The van der Waals surface area contributed by atoms with Crippen LogP contribution in [0.1, 0.15) is 21.8 Å². The van der Waals surface area contributed by atoms with Crippen LogP contribution in [-0.2, 0) is 13.2 Å². The fourth-order valence-corrected chi connectivity index (χ4v) is 3.37. The van der Waals surface area contributed by atoms with Gasteiger partial charge in [-0.3, -0.25) is 9.78 Å². The molecule has 3 N–H and O–H groups in total. The molecule has 0 fully saturated rings. The molecule has 0 aliphatic carbocycles. The number of nitrogens with zero attached hydrogens (tertiary/aromatic N) is 6. The van der Waals surface area contributed by atoms with Crippen LogP contribution in [0.5, 0.6) is 5.88 Å². The standard InChI is InChI=1S/C22H19N7O5/c30-8-7-23-21(32)13-5-6-14(24-10-13)12-33-22-17-4-2-1-3-16(17)19-25-26-20(29(19)27-22)18-9-15(11-31)34-28-18/h1-6,9-10,30-31H,7-8,11-12H2,(H,23,32). The van der Waals surface area contributed by atoms with Crippen LogP contribution in [0.25, 0.3) is 27.9 Å². The quantitative estimate of drug-likeness (QED) is 0.305. The van der Waals surface area contributed by atoms with Crippen LogP contribution in [0, 0.1) is 0 Å². The lowest BCUT2D eigenvalue weighted by Crippen LogP contribution is -2.26. The van der Waals surface area contributed by atoms with E-state index in [1.807, 2.05) is 24.3 Å². The number of hydrogen-bond donors (Lipinski definition) is 3. The van der Waals surface area contributed by atoms with Crippen molar-refractivity contribution in [1.29, 1.82) is 0 Å². The lowest BCUT2D eigenvalue weighted by Gasteiger charge is -2.10. The first-order valence-corrected chi connectivity index (χ1v) is 10.4. The molecule has 0 atom stereocenters. The van der Waals surface area contributed by atoms with Crippen molar-refractivity contribution >= 4 is 22.3 Å². The molecule has 0 radical (unpaired) electrons. The Labute approximate surface area is 191 Å². The number of aliphatic hydroxyl groups excluding tert-OH is 2. The maximum Gasteiger partial charge on any atom is 0.252 e. The normalized spacial score (nSPS) is 11.2. The second kappa shape index (κ2) is 9.21. The van der Waals surface area contributed by atoms with E-state index >= 15 is 0 Å². The highest BCUT2D eigenvalue weighted by Crippen LogP contribution is 2.29. The number of amides is 1. The Morgan fingerprint density at radius 1 is 1.12 bits per heavy atom. The van der Waals surface area contributed by atoms with E-state index in [9.17, 15) is 9.90 Å². The molecule has 0 unspecified atom stereocenters. The zero-order chi connectivity index (χ0) is 23.5. The molecule has 5 rings (SSSR count). The third kappa shape index (κ3) is 4.02. The number of aliphatic hydroxyl groups is 2. The highest BCUT2D eigenvalue weighted by atomic mass is 16.5. The lowest BCUT2D eigenvalue weighted by molar-refractivity contribution is 0.0944. The predicted octanol–water partition coefficient (Wildman–Crippen LogP) is 1.12. The van der Waals surface area contributed by atoms with Crippen LogP contribution < -0.4 is 10.1 Å². The minimum atomic E-state index is -0.315. The maximum absolute atomic E-state index is 12.0. The number of aromatic nitrogens is 6. The molecular formula is C22H19N7O5. The molecule has 12 nitrogen and oxygen atoms in total. The van der Waals surface area contributed by atoms with Crippen molar-refractivity contribution in [1.82, 2.24) is 35.3 Å². The molecule has 0 saturated carbocycles. The lowest BCUT2D eigenvalue weighted by atomic mass is 10.2. The topological polar surface area (TPSA) is 161 Å². The van der Waals surface area contributed by atoms with Crippen LogP contribution >= 0.6 is 0 Å². The molecule has 1 aromatic carbocycles. The molecule has 12 heteroatoms. The van der Waals surface area contributed by atoms with Gasteiger partial charge < -0.3 is 24.8 Å². The molecule has 172 valence electrons. The fraction of sp³-hybridized carbons (Fsp3) is 0.182. The molecule has 0 spiro atoms. The van der Waals surface area contributed by atoms with Crippen LogP contribution in [0.3, 0.4) is 0 Å². The summed E-state index contributed by atoms with van der Waals surface area (Å²) in [4.78, 5) is 16.2. The Bertz CT molecular complexity index is 1460. The van der Waals surface area contributed by atoms with Crippen LogP contribution in [0.15, 0.2) is 53.2 Å². The van der Waals surface area contributed by atoms with Gasteiger partial charge in [0.25, 0.3) is 5.91 Å². The third-order valence-corrected chi connectivity index (χ3v) is 5.01. The van der Waals surface area contributed by atoms with E-state index in [-0.39, 0.29) is 32.3 Å². The van der Waals surface area contributed by atoms with Crippen molar-refractivity contribution in [3.05, 3.63) is 65.7 Å². The summed E-state index contributed by atoms with van der Waals surface area (Å²) in [5, 5.41) is 39.1. The highest BCUT2D eigenvalue weighted by Gasteiger charge is 2.19. The first-order chi connectivity index (χ1) is 16.7. The SMILES string of the molecule is O=C(NCCO)c1ccc(COc2nn3c(-c4cc(CO)on4)nnc3c3ccccc23)nc1. The first kappa shape index (κ1) is 21.4. The van der Waals surface area contributed by atoms with Gasteiger partial charge in [-0.2, -0.15) is 4.52 Å². The van der Waals surface area contributed by atoms with Gasteiger partial charge >= 0.3 is 0 Å². The van der Waals surface area contributed by atoms with E-state index in [2.05, 4.69) is 30.8 Å². The smallest absolute Gasteiger partial charge is 0.252 e. The maximum atomic E-state index is 12.0. The van der Waals surface area contributed by atoms with Crippen molar-refractivity contribution < 1.29 is 24.3 Å². The van der Waals surface area contributed by atoms with Crippen molar-refractivity contribution in [3.8, 4) is 17.4 Å². The van der Waals surface area contributed by atoms with Gasteiger partial charge in [-0.05, 0) is 18.2 Å². The van der Waals surface area contributed by atoms with Gasteiger partial charge in [-0.1, -0.05) is 23.4 Å². The van der Waals surface area contributed by atoms with E-state index in [1.54, 1.807) is 18.2 Å². The number of carbonyl (C=O) groups excluding carboxylic acids is 1. The Balaban J connectivity index is 1.45. The van der Waals surface area contributed by atoms with Gasteiger partial charge in [0.2, 0.25) is 11.7 Å². The molecule has 0 aliphatic heterocycles. The molecule has 34 heavy (non-hydrogen) atoms. The molecule has 0 saturated heterocycles. The summed E-state index contributed by atoms with van der Waals surface area (Å²) in [6.07, 6.45) is 1.45. The summed E-state index contributed by atoms with van der Waals surface area (Å²) in [6.45, 7) is -0.143. The number of nitrogens with one attached hydrogen (secondary N) is 1. The summed E-state index contributed by atoms with van der Waals surface area (Å²) >= 11 is 0. The number of ether oxygens (including phenoxy) is 1. The van der Waals surface area contributed by atoms with Crippen LogP contribution in [0.2, 0.25) is 0 Å². The van der Waals surface area contributed by atoms with Crippen molar-refractivity contribution in [2.45, 2.75) is 13.2 Å². The Kier molecular flexibility index (Phi) is 5.81. The van der Waals surface area contributed by atoms with Gasteiger partial charge in [0.15, 0.2) is 17.1 Å². The van der Waals surface area contributed by atoms with Crippen molar-refractivity contribution in [2.75, 3.05) is 13.2 Å². The van der Waals surface area contributed by atoms with E-state index in [1.165, 1.54) is 10.7 Å². The average molecular weight is 461 g/mol. The van der Waals surface area contributed by atoms with Gasteiger partial charge in [0, 0.05) is 29.6 Å². The van der Waals surface area contributed by atoms with E-state index in [0.29, 0.717) is 40.1 Å². The Morgan fingerprint density at radius 2 is 1.97 bits per heavy atom. The molecule has 0 aliphatic rings. The molecule has 4 heterocycles. The minimum Gasteiger partial charge on any atom is -0.470 e. The summed E-state index contributed by atoms with van der Waals surface area (Å²) in [6, 6.07) is 12.4. The summed E-state index contributed by atoms with van der Waals surface area (Å²) < 4.78 is 12.6. The van der Waals surface area contributed by atoms with Crippen molar-refractivity contribution in [2.24, 2.45) is 0 Å². The second-order valence-corrected chi connectivity index (χ2v) is 7.25. The number of benzene rings is 1. The average Bonchev–Trinajstić information content (AvgIpc) is 3.53. The molecular weight excluding hydrogens is 442 g/mol. The summed E-state index contributed by atoms with van der Waals surface area (Å²) in [5.41, 5.74) is 1.87.